The van der Waals surface area contributed by atoms with E-state index in [1.165, 1.54) is 19.5 Å². The number of carbonyl (C=O) groups is 2. The van der Waals surface area contributed by atoms with Gasteiger partial charge in [-0.25, -0.2) is 9.78 Å². The van der Waals surface area contributed by atoms with Gasteiger partial charge in [0.05, 0.1) is 26.0 Å². The molecule has 1 aliphatic rings. The number of anilines is 1. The molecule has 1 N–H and O–H groups in total. The number of amides is 1. The van der Waals surface area contributed by atoms with Crippen molar-refractivity contribution in [1.29, 1.82) is 0 Å². The van der Waals surface area contributed by atoms with Crippen LogP contribution in [0.15, 0.2) is 12.4 Å². The van der Waals surface area contributed by atoms with Crippen molar-refractivity contribution in [3.05, 3.63) is 18.1 Å². The second-order valence-corrected chi connectivity index (χ2v) is 3.53. The van der Waals surface area contributed by atoms with E-state index in [0.29, 0.717) is 18.9 Å². The minimum atomic E-state index is -0.541. The SMILES string of the molecule is COC(=O)c1cncc(N2CCNC(=O)C2)n1. The van der Waals surface area contributed by atoms with Crippen molar-refractivity contribution in [1.82, 2.24) is 15.3 Å². The molecule has 7 heteroatoms. The maximum absolute atomic E-state index is 11.3. The van der Waals surface area contributed by atoms with Gasteiger partial charge in [0.15, 0.2) is 5.69 Å². The maximum atomic E-state index is 11.3. The Hall–Kier alpha value is -2.18. The van der Waals surface area contributed by atoms with E-state index in [9.17, 15) is 9.59 Å². The predicted molar refractivity (Wildman–Crippen MR) is 58.6 cm³/mol. The quantitative estimate of drug-likeness (QED) is 0.677. The van der Waals surface area contributed by atoms with Crippen molar-refractivity contribution in [3.63, 3.8) is 0 Å². The molecule has 1 amide bonds. The van der Waals surface area contributed by atoms with Crippen LogP contribution in [0.1, 0.15) is 10.5 Å². The molecule has 90 valence electrons. The van der Waals surface area contributed by atoms with Crippen LogP contribution in [-0.2, 0) is 9.53 Å². The molecule has 2 heterocycles. The van der Waals surface area contributed by atoms with Gasteiger partial charge in [0.25, 0.3) is 0 Å². The number of esters is 1. The Bertz CT molecular complexity index is 449. The van der Waals surface area contributed by atoms with E-state index in [-0.39, 0.29) is 18.1 Å². The Morgan fingerprint density at radius 3 is 3.06 bits per heavy atom. The van der Waals surface area contributed by atoms with Crippen molar-refractivity contribution in [2.24, 2.45) is 0 Å². The average molecular weight is 236 g/mol. The van der Waals surface area contributed by atoms with Crippen molar-refractivity contribution in [3.8, 4) is 0 Å². The Kier molecular flexibility index (Phi) is 3.17. The Balaban J connectivity index is 2.20. The zero-order valence-electron chi connectivity index (χ0n) is 9.34. The Morgan fingerprint density at radius 2 is 2.35 bits per heavy atom. The molecule has 0 aromatic carbocycles. The molecule has 1 saturated heterocycles. The highest BCUT2D eigenvalue weighted by atomic mass is 16.5. The predicted octanol–water partition coefficient (Wildman–Crippen LogP) is -0.801. The molecule has 7 nitrogen and oxygen atoms in total. The molecule has 0 spiro atoms. The first-order chi connectivity index (χ1) is 8.20. The molecule has 0 bridgehead atoms. The summed E-state index contributed by atoms with van der Waals surface area (Å²) in [6.45, 7) is 1.42. The van der Waals surface area contributed by atoms with E-state index in [0.717, 1.165) is 0 Å². The van der Waals surface area contributed by atoms with Gasteiger partial charge < -0.3 is 15.0 Å². The lowest BCUT2D eigenvalue weighted by molar-refractivity contribution is -0.120. The van der Waals surface area contributed by atoms with Gasteiger partial charge in [0.2, 0.25) is 5.91 Å². The van der Waals surface area contributed by atoms with Crippen LogP contribution in [0, 0.1) is 0 Å². The number of aromatic nitrogens is 2. The van der Waals surface area contributed by atoms with E-state index in [1.807, 2.05) is 0 Å². The van der Waals surface area contributed by atoms with E-state index in [2.05, 4.69) is 20.0 Å². The lowest BCUT2D eigenvalue weighted by Crippen LogP contribution is -2.48. The Morgan fingerprint density at radius 1 is 1.53 bits per heavy atom. The van der Waals surface area contributed by atoms with Gasteiger partial charge in [-0.2, -0.15) is 0 Å². The number of carbonyl (C=O) groups excluding carboxylic acids is 2. The lowest BCUT2D eigenvalue weighted by atomic mass is 10.3. The molecule has 0 saturated carbocycles. The standard InChI is InChI=1S/C10H12N4O3/c1-17-10(16)7-4-11-5-8(13-7)14-3-2-12-9(15)6-14/h4-5H,2-3,6H2,1H3,(H,12,15). The second-order valence-electron chi connectivity index (χ2n) is 3.53. The molecule has 0 radical (unpaired) electrons. The van der Waals surface area contributed by atoms with Crippen molar-refractivity contribution in [2.75, 3.05) is 31.6 Å². The van der Waals surface area contributed by atoms with Gasteiger partial charge in [0.1, 0.15) is 5.82 Å². The molecule has 1 aromatic heterocycles. The van der Waals surface area contributed by atoms with E-state index < -0.39 is 5.97 Å². The van der Waals surface area contributed by atoms with Gasteiger partial charge >= 0.3 is 5.97 Å². The molecule has 0 unspecified atom stereocenters. The summed E-state index contributed by atoms with van der Waals surface area (Å²) in [5.41, 5.74) is 0.135. The van der Waals surface area contributed by atoms with Crippen LogP contribution in [0.4, 0.5) is 5.82 Å². The van der Waals surface area contributed by atoms with Crippen LogP contribution in [0.25, 0.3) is 0 Å². The highest BCUT2D eigenvalue weighted by Gasteiger charge is 2.19. The number of ether oxygens (including phenoxy) is 1. The van der Waals surface area contributed by atoms with Crippen LogP contribution in [0.3, 0.4) is 0 Å². The summed E-state index contributed by atoms with van der Waals surface area (Å²) in [6.07, 6.45) is 2.85. The van der Waals surface area contributed by atoms with E-state index in [4.69, 9.17) is 0 Å². The monoisotopic (exact) mass is 236 g/mol. The molecule has 1 aromatic rings. The number of rotatable bonds is 2. The molecule has 0 aliphatic carbocycles. The van der Waals surface area contributed by atoms with Gasteiger partial charge in [-0.3, -0.25) is 9.78 Å². The van der Waals surface area contributed by atoms with E-state index >= 15 is 0 Å². The molecule has 2 rings (SSSR count). The van der Waals surface area contributed by atoms with Crippen molar-refractivity contribution >= 4 is 17.7 Å². The minimum Gasteiger partial charge on any atom is -0.464 e. The summed E-state index contributed by atoms with van der Waals surface area (Å²) in [4.78, 5) is 32.3. The third-order valence-electron chi connectivity index (χ3n) is 2.38. The minimum absolute atomic E-state index is 0.0680. The number of methoxy groups -OCH3 is 1. The van der Waals surface area contributed by atoms with Crippen molar-refractivity contribution < 1.29 is 14.3 Å². The fraction of sp³-hybridized carbons (Fsp3) is 0.400. The largest absolute Gasteiger partial charge is 0.464 e. The summed E-state index contributed by atoms with van der Waals surface area (Å²) in [5, 5.41) is 2.71. The highest BCUT2D eigenvalue weighted by Crippen LogP contribution is 2.11. The van der Waals surface area contributed by atoms with Crippen LogP contribution in [0.5, 0.6) is 0 Å². The van der Waals surface area contributed by atoms with Crippen LogP contribution >= 0.6 is 0 Å². The van der Waals surface area contributed by atoms with Gasteiger partial charge in [0, 0.05) is 13.1 Å². The van der Waals surface area contributed by atoms with Crippen molar-refractivity contribution in [2.45, 2.75) is 0 Å². The van der Waals surface area contributed by atoms with Gasteiger partial charge in [-0.1, -0.05) is 0 Å². The molecular formula is C10H12N4O3. The second kappa shape index (κ2) is 4.77. The van der Waals surface area contributed by atoms with Crippen LogP contribution in [0.2, 0.25) is 0 Å². The molecule has 1 aliphatic heterocycles. The first-order valence-corrected chi connectivity index (χ1v) is 5.12. The number of nitrogens with one attached hydrogen (secondary N) is 1. The average Bonchev–Trinajstić information content (AvgIpc) is 2.38. The highest BCUT2D eigenvalue weighted by molar-refractivity contribution is 5.87. The number of hydrogen-bond acceptors (Lipinski definition) is 6. The van der Waals surface area contributed by atoms with Crippen LogP contribution in [-0.4, -0.2) is 48.6 Å². The summed E-state index contributed by atoms with van der Waals surface area (Å²) < 4.78 is 4.56. The summed E-state index contributed by atoms with van der Waals surface area (Å²) in [6, 6.07) is 0. The summed E-state index contributed by atoms with van der Waals surface area (Å²) >= 11 is 0. The number of nitrogens with zero attached hydrogens (tertiary/aromatic N) is 3. The molecular weight excluding hydrogens is 224 g/mol. The first-order valence-electron chi connectivity index (χ1n) is 5.12. The Labute approximate surface area is 97.8 Å². The fourth-order valence-electron chi connectivity index (χ4n) is 1.55. The first kappa shape index (κ1) is 11.3. The zero-order chi connectivity index (χ0) is 12.3. The molecule has 0 atom stereocenters. The normalized spacial score (nSPS) is 15.4. The number of piperazine rings is 1. The summed E-state index contributed by atoms with van der Waals surface area (Å²) in [7, 11) is 1.28. The number of hydrogen-bond donors (Lipinski definition) is 1. The maximum Gasteiger partial charge on any atom is 0.358 e. The smallest absolute Gasteiger partial charge is 0.358 e. The molecule has 1 fully saturated rings. The fourth-order valence-corrected chi connectivity index (χ4v) is 1.55. The third-order valence-corrected chi connectivity index (χ3v) is 2.38. The van der Waals surface area contributed by atoms with E-state index in [1.54, 1.807) is 4.90 Å². The third kappa shape index (κ3) is 2.49. The van der Waals surface area contributed by atoms with Gasteiger partial charge in [-0.05, 0) is 0 Å². The topological polar surface area (TPSA) is 84.4 Å². The molecule has 17 heavy (non-hydrogen) atoms. The zero-order valence-corrected chi connectivity index (χ0v) is 9.34. The van der Waals surface area contributed by atoms with Crippen LogP contribution < -0.4 is 10.2 Å². The van der Waals surface area contributed by atoms with Gasteiger partial charge in [-0.15, -0.1) is 0 Å². The summed E-state index contributed by atoms with van der Waals surface area (Å²) in [5.74, 6) is -0.106. The lowest BCUT2D eigenvalue weighted by Gasteiger charge is -2.27.